The van der Waals surface area contributed by atoms with Gasteiger partial charge in [0, 0.05) is 31.2 Å². The number of fused-ring (bicyclic) bond motifs is 1. The van der Waals surface area contributed by atoms with E-state index < -0.39 is 0 Å². The van der Waals surface area contributed by atoms with Crippen LogP contribution in [0.15, 0.2) is 0 Å². The zero-order chi connectivity index (χ0) is 11.5. The molecule has 0 saturated carbocycles. The molecule has 2 atom stereocenters. The average molecular weight is 224 g/mol. The van der Waals surface area contributed by atoms with Gasteiger partial charge >= 0.3 is 0 Å². The van der Waals surface area contributed by atoms with Crippen molar-refractivity contribution in [3.05, 3.63) is 0 Å². The molecule has 2 rings (SSSR count). The van der Waals surface area contributed by atoms with Crippen molar-refractivity contribution in [2.45, 2.75) is 71.0 Å². The highest BCUT2D eigenvalue weighted by atomic mass is 15.3. The molecule has 2 nitrogen and oxygen atoms in total. The van der Waals surface area contributed by atoms with Crippen LogP contribution >= 0.6 is 0 Å². The number of nitrogens with zero attached hydrogens (tertiary/aromatic N) is 2. The summed E-state index contributed by atoms with van der Waals surface area (Å²) in [7, 11) is 0. The van der Waals surface area contributed by atoms with Crippen molar-refractivity contribution < 1.29 is 0 Å². The number of hydrogen-bond donors (Lipinski definition) is 0. The van der Waals surface area contributed by atoms with Crippen LogP contribution in [0.3, 0.4) is 0 Å². The van der Waals surface area contributed by atoms with Crippen molar-refractivity contribution in [2.75, 3.05) is 19.6 Å². The molecule has 16 heavy (non-hydrogen) atoms. The van der Waals surface area contributed by atoms with Crippen LogP contribution in [0.1, 0.15) is 52.9 Å². The van der Waals surface area contributed by atoms with Crippen LogP contribution in [0.25, 0.3) is 0 Å². The quantitative estimate of drug-likeness (QED) is 0.727. The molecule has 0 aromatic rings. The van der Waals surface area contributed by atoms with Crippen molar-refractivity contribution in [1.82, 2.24) is 9.80 Å². The molecule has 0 radical (unpaired) electrons. The maximum absolute atomic E-state index is 2.78. The highest BCUT2D eigenvalue weighted by Crippen LogP contribution is 2.26. The first-order chi connectivity index (χ1) is 7.76. The van der Waals surface area contributed by atoms with Crippen molar-refractivity contribution in [3.8, 4) is 0 Å². The maximum Gasteiger partial charge on any atom is 0.0224 e. The van der Waals surface area contributed by atoms with Crippen LogP contribution < -0.4 is 0 Å². The number of hydrogen-bond acceptors (Lipinski definition) is 2. The Morgan fingerprint density at radius 2 is 1.88 bits per heavy atom. The lowest BCUT2D eigenvalue weighted by Crippen LogP contribution is -2.60. The van der Waals surface area contributed by atoms with Gasteiger partial charge in [-0.3, -0.25) is 9.80 Å². The molecule has 2 aliphatic heterocycles. The highest BCUT2D eigenvalue weighted by Gasteiger charge is 2.34. The van der Waals surface area contributed by atoms with E-state index in [4.69, 9.17) is 0 Å². The summed E-state index contributed by atoms with van der Waals surface area (Å²) < 4.78 is 0. The first kappa shape index (κ1) is 12.4. The predicted molar refractivity (Wildman–Crippen MR) is 69.8 cm³/mol. The normalized spacial score (nSPS) is 33.0. The lowest BCUT2D eigenvalue weighted by molar-refractivity contribution is -0.00949. The van der Waals surface area contributed by atoms with E-state index >= 15 is 0 Å². The van der Waals surface area contributed by atoms with Crippen molar-refractivity contribution in [3.63, 3.8) is 0 Å². The molecule has 2 heterocycles. The maximum atomic E-state index is 2.78. The first-order valence-electron chi connectivity index (χ1n) is 7.26. The van der Waals surface area contributed by atoms with Gasteiger partial charge in [0.1, 0.15) is 0 Å². The first-order valence-corrected chi connectivity index (χ1v) is 7.26. The van der Waals surface area contributed by atoms with Crippen LogP contribution in [0, 0.1) is 0 Å². The van der Waals surface area contributed by atoms with Gasteiger partial charge < -0.3 is 0 Å². The summed E-state index contributed by atoms with van der Waals surface area (Å²) in [6, 6.07) is 2.45. The van der Waals surface area contributed by atoms with Crippen LogP contribution in [-0.4, -0.2) is 47.6 Å². The van der Waals surface area contributed by atoms with Gasteiger partial charge in [-0.05, 0) is 39.2 Å². The van der Waals surface area contributed by atoms with E-state index in [2.05, 4.69) is 30.6 Å². The molecule has 2 fully saturated rings. The van der Waals surface area contributed by atoms with Crippen molar-refractivity contribution >= 4 is 0 Å². The summed E-state index contributed by atoms with van der Waals surface area (Å²) in [5, 5.41) is 0. The molecular weight excluding hydrogens is 196 g/mol. The minimum atomic E-state index is 0.763. The van der Waals surface area contributed by atoms with Crippen molar-refractivity contribution in [2.24, 2.45) is 0 Å². The van der Waals surface area contributed by atoms with Gasteiger partial charge in [0.25, 0.3) is 0 Å². The minimum Gasteiger partial charge on any atom is -0.298 e. The van der Waals surface area contributed by atoms with Crippen LogP contribution in [-0.2, 0) is 0 Å². The third kappa shape index (κ3) is 2.43. The summed E-state index contributed by atoms with van der Waals surface area (Å²) >= 11 is 0. The Bertz CT molecular complexity index is 213. The molecule has 94 valence electrons. The van der Waals surface area contributed by atoms with Gasteiger partial charge in [-0.2, -0.15) is 0 Å². The Balaban J connectivity index is 1.99. The molecule has 0 aromatic heterocycles. The molecule has 0 aliphatic carbocycles. The molecule has 0 bridgehead atoms. The third-order valence-corrected chi connectivity index (χ3v) is 4.65. The smallest absolute Gasteiger partial charge is 0.0224 e. The fourth-order valence-corrected chi connectivity index (χ4v) is 3.64. The second-order valence-corrected chi connectivity index (χ2v) is 5.66. The highest BCUT2D eigenvalue weighted by molar-refractivity contribution is 4.91. The van der Waals surface area contributed by atoms with Gasteiger partial charge in [0.2, 0.25) is 0 Å². The lowest BCUT2D eigenvalue weighted by atomic mass is 9.95. The molecular formula is C14H28N2. The van der Waals surface area contributed by atoms with Gasteiger partial charge in [0.05, 0.1) is 0 Å². The standard InChI is InChI=1S/C14H28N2/c1-4-13(5-2)16-11-14-8-6-7-9-15(14)10-12(16)3/h12-14H,4-11H2,1-3H3. The fraction of sp³-hybridized carbons (Fsp3) is 1.00. The second-order valence-electron chi connectivity index (χ2n) is 5.66. The largest absolute Gasteiger partial charge is 0.298 e. The number of piperidine rings is 1. The monoisotopic (exact) mass is 224 g/mol. The topological polar surface area (TPSA) is 6.48 Å². The van der Waals surface area contributed by atoms with E-state index in [0.29, 0.717) is 0 Å². The lowest BCUT2D eigenvalue weighted by Gasteiger charge is -2.50. The predicted octanol–water partition coefficient (Wildman–Crippen LogP) is 2.73. The van der Waals surface area contributed by atoms with E-state index in [9.17, 15) is 0 Å². The molecule has 0 spiro atoms. The minimum absolute atomic E-state index is 0.763. The zero-order valence-corrected chi connectivity index (χ0v) is 11.3. The second kappa shape index (κ2) is 5.50. The van der Waals surface area contributed by atoms with E-state index in [1.54, 1.807) is 0 Å². The molecule has 0 aromatic carbocycles. The zero-order valence-electron chi connectivity index (χ0n) is 11.3. The van der Waals surface area contributed by atoms with Gasteiger partial charge in [0.15, 0.2) is 0 Å². The number of piperazine rings is 1. The van der Waals surface area contributed by atoms with E-state index in [-0.39, 0.29) is 0 Å². The summed E-state index contributed by atoms with van der Waals surface area (Å²) in [4.78, 5) is 5.53. The van der Waals surface area contributed by atoms with Gasteiger partial charge in [-0.1, -0.05) is 20.3 Å². The van der Waals surface area contributed by atoms with Crippen LogP contribution in [0.5, 0.6) is 0 Å². The molecule has 0 N–H and O–H groups in total. The molecule has 2 heteroatoms. The Morgan fingerprint density at radius 1 is 1.12 bits per heavy atom. The molecule has 2 aliphatic rings. The van der Waals surface area contributed by atoms with Gasteiger partial charge in [-0.15, -0.1) is 0 Å². The van der Waals surface area contributed by atoms with Gasteiger partial charge in [-0.25, -0.2) is 0 Å². The molecule has 2 saturated heterocycles. The molecule has 2 unspecified atom stereocenters. The summed E-state index contributed by atoms with van der Waals surface area (Å²) in [6.07, 6.45) is 6.94. The van der Waals surface area contributed by atoms with Crippen LogP contribution in [0.2, 0.25) is 0 Å². The van der Waals surface area contributed by atoms with E-state index in [0.717, 1.165) is 18.1 Å². The van der Waals surface area contributed by atoms with E-state index in [1.807, 2.05) is 0 Å². The summed E-state index contributed by atoms with van der Waals surface area (Å²) in [5.41, 5.74) is 0. The summed E-state index contributed by atoms with van der Waals surface area (Å²) in [6.45, 7) is 11.1. The Kier molecular flexibility index (Phi) is 4.26. The summed E-state index contributed by atoms with van der Waals surface area (Å²) in [5.74, 6) is 0. The van der Waals surface area contributed by atoms with Crippen LogP contribution in [0.4, 0.5) is 0 Å². The Morgan fingerprint density at radius 3 is 2.56 bits per heavy atom. The Hall–Kier alpha value is -0.0800. The average Bonchev–Trinajstić information content (AvgIpc) is 2.31. The van der Waals surface area contributed by atoms with Crippen molar-refractivity contribution in [1.29, 1.82) is 0 Å². The fourth-order valence-electron chi connectivity index (χ4n) is 3.64. The molecule has 0 amide bonds. The SMILES string of the molecule is CCC(CC)N1CC2CCCCN2CC1C. The third-order valence-electron chi connectivity index (χ3n) is 4.65. The van der Waals surface area contributed by atoms with E-state index in [1.165, 1.54) is 51.7 Å². The Labute approximate surface area is 101 Å². The number of rotatable bonds is 3.